The second-order valence-corrected chi connectivity index (χ2v) is 7.58. The quantitative estimate of drug-likeness (QED) is 0.526. The van der Waals surface area contributed by atoms with Crippen molar-refractivity contribution in [3.63, 3.8) is 0 Å². The van der Waals surface area contributed by atoms with Crippen LogP contribution < -0.4 is 10.6 Å². The van der Waals surface area contributed by atoms with Crippen LogP contribution in [0.2, 0.25) is 0 Å². The van der Waals surface area contributed by atoms with Gasteiger partial charge in [0.15, 0.2) is 5.78 Å². The molecule has 2 aromatic carbocycles. The first-order valence-electron chi connectivity index (χ1n) is 9.35. The number of hydrogen-bond acceptors (Lipinski definition) is 4. The highest BCUT2D eigenvalue weighted by molar-refractivity contribution is 7.12. The molecule has 0 saturated carbocycles. The van der Waals surface area contributed by atoms with E-state index in [4.69, 9.17) is 0 Å². The maximum Gasteiger partial charge on any atom is 0.255 e. The molecule has 5 nitrogen and oxygen atoms in total. The molecule has 0 aliphatic rings. The van der Waals surface area contributed by atoms with Gasteiger partial charge in [-0.25, -0.2) is 0 Å². The monoisotopic (exact) mass is 406 g/mol. The summed E-state index contributed by atoms with van der Waals surface area (Å²) in [6.45, 7) is 1.87. The van der Waals surface area contributed by atoms with Gasteiger partial charge < -0.3 is 10.6 Å². The van der Waals surface area contributed by atoms with Crippen LogP contribution in [0, 0.1) is 0 Å². The molecule has 1 atom stereocenters. The molecular formula is C23H22N2O3S. The number of carbonyl (C=O) groups excluding carboxylic acids is 3. The Balaban J connectivity index is 1.54. The lowest BCUT2D eigenvalue weighted by Gasteiger charge is -2.15. The summed E-state index contributed by atoms with van der Waals surface area (Å²) in [5, 5.41) is 7.62. The molecule has 1 aromatic heterocycles. The Kier molecular flexibility index (Phi) is 6.92. The number of thiophene rings is 1. The predicted octanol–water partition coefficient (Wildman–Crippen LogP) is 4.84. The van der Waals surface area contributed by atoms with Crippen molar-refractivity contribution in [1.29, 1.82) is 0 Å². The number of hydrogen-bond donors (Lipinski definition) is 2. The van der Waals surface area contributed by atoms with E-state index in [1.54, 1.807) is 24.3 Å². The van der Waals surface area contributed by atoms with Crippen LogP contribution in [0.5, 0.6) is 0 Å². The van der Waals surface area contributed by atoms with Crippen molar-refractivity contribution < 1.29 is 14.4 Å². The molecule has 0 aliphatic carbocycles. The Morgan fingerprint density at radius 3 is 2.45 bits per heavy atom. The van der Waals surface area contributed by atoms with E-state index in [1.807, 2.05) is 54.8 Å². The lowest BCUT2D eigenvalue weighted by molar-refractivity contribution is -0.121. The van der Waals surface area contributed by atoms with E-state index in [9.17, 15) is 14.4 Å². The molecule has 0 fully saturated rings. The van der Waals surface area contributed by atoms with Gasteiger partial charge in [0.05, 0.1) is 10.9 Å². The van der Waals surface area contributed by atoms with Gasteiger partial charge >= 0.3 is 0 Å². The van der Waals surface area contributed by atoms with E-state index in [0.717, 1.165) is 5.56 Å². The molecule has 29 heavy (non-hydrogen) atoms. The zero-order chi connectivity index (χ0) is 20.6. The number of rotatable bonds is 8. The van der Waals surface area contributed by atoms with Gasteiger partial charge in [-0.3, -0.25) is 14.4 Å². The second-order valence-electron chi connectivity index (χ2n) is 6.64. The maximum absolute atomic E-state index is 12.3. The van der Waals surface area contributed by atoms with E-state index in [0.29, 0.717) is 16.1 Å². The molecule has 6 heteroatoms. The van der Waals surface area contributed by atoms with Crippen LogP contribution in [-0.2, 0) is 4.79 Å². The van der Waals surface area contributed by atoms with Crippen molar-refractivity contribution >= 4 is 34.6 Å². The molecule has 0 aliphatic heterocycles. The second kappa shape index (κ2) is 9.80. The van der Waals surface area contributed by atoms with Crippen LogP contribution >= 0.6 is 11.3 Å². The van der Waals surface area contributed by atoms with E-state index < -0.39 is 0 Å². The summed E-state index contributed by atoms with van der Waals surface area (Å²) >= 11 is 1.38. The molecule has 2 N–H and O–H groups in total. The highest BCUT2D eigenvalue weighted by Gasteiger charge is 2.14. The van der Waals surface area contributed by atoms with Gasteiger partial charge in [-0.05, 0) is 48.2 Å². The van der Waals surface area contributed by atoms with Gasteiger partial charge in [0.2, 0.25) is 5.91 Å². The van der Waals surface area contributed by atoms with Crippen molar-refractivity contribution in [2.75, 3.05) is 5.32 Å². The Bertz CT molecular complexity index is 984. The van der Waals surface area contributed by atoms with Gasteiger partial charge in [0.1, 0.15) is 0 Å². The lowest BCUT2D eigenvalue weighted by atomic mass is 10.1. The highest BCUT2D eigenvalue weighted by atomic mass is 32.1. The summed E-state index contributed by atoms with van der Waals surface area (Å²) < 4.78 is 0. The lowest BCUT2D eigenvalue weighted by Crippen LogP contribution is -2.27. The first-order chi connectivity index (χ1) is 14.0. The van der Waals surface area contributed by atoms with Crippen molar-refractivity contribution in [3.05, 3.63) is 88.1 Å². The third-order valence-electron chi connectivity index (χ3n) is 4.43. The van der Waals surface area contributed by atoms with Crippen molar-refractivity contribution in [2.24, 2.45) is 0 Å². The van der Waals surface area contributed by atoms with Crippen LogP contribution in [0.25, 0.3) is 0 Å². The number of nitrogens with one attached hydrogen (secondary N) is 2. The van der Waals surface area contributed by atoms with E-state index in [2.05, 4.69) is 10.6 Å². The summed E-state index contributed by atoms with van der Waals surface area (Å²) in [7, 11) is 0. The normalized spacial score (nSPS) is 11.5. The number of Topliss-reactive ketones (excluding diaryl/α,β-unsaturated/α-hetero) is 1. The summed E-state index contributed by atoms with van der Waals surface area (Å²) in [6.07, 6.45) is 0.331. The van der Waals surface area contributed by atoms with Crippen LogP contribution in [-0.4, -0.2) is 17.6 Å². The zero-order valence-corrected chi connectivity index (χ0v) is 16.9. The van der Waals surface area contributed by atoms with Gasteiger partial charge in [0, 0.05) is 24.1 Å². The fourth-order valence-corrected chi connectivity index (χ4v) is 3.56. The molecule has 3 rings (SSSR count). The standard InChI is InChI=1S/C23H22N2O3S/c1-16(24-22(27)13-12-20(26)21-11-6-14-29-21)18-9-5-10-19(15-18)25-23(28)17-7-3-2-4-8-17/h2-11,14-16H,12-13H2,1H3,(H,24,27)(H,25,28)/t16-/m1/s1. The number of carbonyl (C=O) groups is 3. The number of amides is 2. The largest absolute Gasteiger partial charge is 0.350 e. The number of benzene rings is 2. The molecule has 2 amide bonds. The van der Waals surface area contributed by atoms with Crippen LogP contribution in [0.4, 0.5) is 5.69 Å². The molecular weight excluding hydrogens is 384 g/mol. The van der Waals surface area contributed by atoms with Gasteiger partial charge in [0.25, 0.3) is 5.91 Å². The molecule has 1 heterocycles. The first kappa shape index (κ1) is 20.5. The Morgan fingerprint density at radius 1 is 0.931 bits per heavy atom. The molecule has 0 spiro atoms. The maximum atomic E-state index is 12.3. The average Bonchev–Trinajstić information content (AvgIpc) is 3.28. The SMILES string of the molecule is C[C@@H](NC(=O)CCC(=O)c1cccs1)c1cccc(NC(=O)c2ccccc2)c1. The number of ketones is 1. The minimum Gasteiger partial charge on any atom is -0.350 e. The third kappa shape index (κ3) is 5.86. The highest BCUT2D eigenvalue weighted by Crippen LogP contribution is 2.19. The predicted molar refractivity (Wildman–Crippen MR) is 115 cm³/mol. The van der Waals surface area contributed by atoms with E-state index in [-0.39, 0.29) is 36.5 Å². The molecule has 0 unspecified atom stereocenters. The Hall–Kier alpha value is -3.25. The topological polar surface area (TPSA) is 75.3 Å². The fourth-order valence-electron chi connectivity index (χ4n) is 2.86. The molecule has 148 valence electrons. The molecule has 0 radical (unpaired) electrons. The van der Waals surface area contributed by atoms with Crippen LogP contribution in [0.1, 0.15) is 51.4 Å². The Morgan fingerprint density at radius 2 is 1.72 bits per heavy atom. The zero-order valence-electron chi connectivity index (χ0n) is 16.1. The third-order valence-corrected chi connectivity index (χ3v) is 5.34. The average molecular weight is 407 g/mol. The summed E-state index contributed by atoms with van der Waals surface area (Å²) in [4.78, 5) is 37.2. The molecule has 0 saturated heterocycles. The number of anilines is 1. The summed E-state index contributed by atoms with van der Waals surface area (Å²) in [6, 6.07) is 19.7. The van der Waals surface area contributed by atoms with Gasteiger partial charge in [-0.15, -0.1) is 11.3 Å². The molecule has 3 aromatic rings. The van der Waals surface area contributed by atoms with E-state index >= 15 is 0 Å². The van der Waals surface area contributed by atoms with Gasteiger partial charge in [-0.1, -0.05) is 36.4 Å². The smallest absolute Gasteiger partial charge is 0.255 e. The van der Waals surface area contributed by atoms with Crippen molar-refractivity contribution in [1.82, 2.24) is 5.32 Å². The Labute approximate surface area is 173 Å². The fraction of sp³-hybridized carbons (Fsp3) is 0.174. The molecule has 0 bridgehead atoms. The minimum atomic E-state index is -0.243. The van der Waals surface area contributed by atoms with Crippen molar-refractivity contribution in [3.8, 4) is 0 Å². The summed E-state index contributed by atoms with van der Waals surface area (Å²) in [5.41, 5.74) is 2.11. The van der Waals surface area contributed by atoms with Crippen LogP contribution in [0.3, 0.4) is 0 Å². The minimum absolute atomic E-state index is 0.0200. The van der Waals surface area contributed by atoms with Gasteiger partial charge in [-0.2, -0.15) is 0 Å². The van der Waals surface area contributed by atoms with E-state index in [1.165, 1.54) is 11.3 Å². The summed E-state index contributed by atoms with van der Waals surface area (Å²) in [5.74, 6) is -0.388. The van der Waals surface area contributed by atoms with Crippen LogP contribution in [0.15, 0.2) is 72.1 Å². The first-order valence-corrected chi connectivity index (χ1v) is 10.2. The van der Waals surface area contributed by atoms with Crippen molar-refractivity contribution in [2.45, 2.75) is 25.8 Å².